The fourth-order valence-corrected chi connectivity index (χ4v) is 3.64. The van der Waals surface area contributed by atoms with Crippen LogP contribution in [0.4, 0.5) is 0 Å². The molecule has 0 amide bonds. The number of nitrogens with zero attached hydrogens (tertiary/aromatic N) is 1. The second-order valence-corrected chi connectivity index (χ2v) is 6.53. The molecule has 1 N–H and O–H groups in total. The second kappa shape index (κ2) is 5.71. The molecule has 2 fully saturated rings. The summed E-state index contributed by atoms with van der Waals surface area (Å²) in [4.78, 5) is 2.69. The van der Waals surface area contributed by atoms with Gasteiger partial charge in [-0.25, -0.2) is 0 Å². The summed E-state index contributed by atoms with van der Waals surface area (Å²) in [5, 5.41) is 3.56. The van der Waals surface area contributed by atoms with Gasteiger partial charge in [-0.3, -0.25) is 4.90 Å². The molecule has 0 saturated heterocycles. The van der Waals surface area contributed by atoms with E-state index in [2.05, 4.69) is 38.2 Å². The first-order valence-electron chi connectivity index (χ1n) is 7.52. The number of hydrogen-bond donors (Lipinski definition) is 1. The number of likely N-dealkylation sites (N-methyl/N-ethyl adjacent to an activating group) is 2. The van der Waals surface area contributed by atoms with E-state index in [4.69, 9.17) is 0 Å². The van der Waals surface area contributed by atoms with E-state index < -0.39 is 0 Å². The van der Waals surface area contributed by atoms with Crippen molar-refractivity contribution in [2.75, 3.05) is 14.1 Å². The molecular formula is C15H30N2. The Labute approximate surface area is 107 Å². The quantitative estimate of drug-likeness (QED) is 0.810. The van der Waals surface area contributed by atoms with Crippen LogP contribution in [-0.2, 0) is 0 Å². The van der Waals surface area contributed by atoms with E-state index in [-0.39, 0.29) is 0 Å². The van der Waals surface area contributed by atoms with Crippen molar-refractivity contribution < 1.29 is 0 Å². The Morgan fingerprint density at radius 3 is 2.29 bits per heavy atom. The fourth-order valence-electron chi connectivity index (χ4n) is 3.64. The third kappa shape index (κ3) is 2.85. The molecule has 0 aromatic rings. The van der Waals surface area contributed by atoms with Gasteiger partial charge in [0, 0.05) is 18.1 Å². The molecular weight excluding hydrogens is 208 g/mol. The molecule has 0 radical (unpaired) electrons. The molecule has 3 atom stereocenters. The van der Waals surface area contributed by atoms with Gasteiger partial charge < -0.3 is 5.32 Å². The van der Waals surface area contributed by atoms with Crippen LogP contribution in [0.1, 0.15) is 52.4 Å². The maximum atomic E-state index is 3.56. The van der Waals surface area contributed by atoms with Gasteiger partial charge in [0.1, 0.15) is 0 Å². The highest BCUT2D eigenvalue weighted by Crippen LogP contribution is 2.35. The monoisotopic (exact) mass is 238 g/mol. The van der Waals surface area contributed by atoms with Crippen LogP contribution in [0.5, 0.6) is 0 Å². The lowest BCUT2D eigenvalue weighted by Gasteiger charge is -2.47. The zero-order chi connectivity index (χ0) is 12.4. The molecule has 2 aliphatic carbocycles. The minimum atomic E-state index is 0.718. The van der Waals surface area contributed by atoms with Crippen LogP contribution in [-0.4, -0.2) is 37.1 Å². The van der Waals surface area contributed by atoms with Gasteiger partial charge in [0.15, 0.2) is 0 Å². The Morgan fingerprint density at radius 1 is 1.12 bits per heavy atom. The molecule has 0 spiro atoms. The third-order valence-corrected chi connectivity index (χ3v) is 5.34. The maximum absolute atomic E-state index is 3.56. The standard InChI is InChI=1S/C15H30N2/c1-11(2)12-8-9-14(16-3)15(10-12)17(4)13-6-5-7-13/h11-16H,5-10H2,1-4H3. The van der Waals surface area contributed by atoms with Crippen LogP contribution in [0.3, 0.4) is 0 Å². The highest BCUT2D eigenvalue weighted by atomic mass is 15.2. The van der Waals surface area contributed by atoms with Gasteiger partial charge in [-0.2, -0.15) is 0 Å². The van der Waals surface area contributed by atoms with Crippen molar-refractivity contribution in [2.45, 2.75) is 70.5 Å². The van der Waals surface area contributed by atoms with Crippen molar-refractivity contribution in [1.29, 1.82) is 0 Å². The van der Waals surface area contributed by atoms with E-state index in [0.29, 0.717) is 0 Å². The van der Waals surface area contributed by atoms with Gasteiger partial charge in [-0.1, -0.05) is 20.3 Å². The van der Waals surface area contributed by atoms with Gasteiger partial charge in [0.05, 0.1) is 0 Å². The molecule has 2 heteroatoms. The molecule has 0 aromatic carbocycles. The Balaban J connectivity index is 1.98. The van der Waals surface area contributed by atoms with Crippen LogP contribution in [0.15, 0.2) is 0 Å². The summed E-state index contributed by atoms with van der Waals surface area (Å²) in [5.74, 6) is 1.79. The Morgan fingerprint density at radius 2 is 1.82 bits per heavy atom. The molecule has 2 rings (SSSR count). The molecule has 2 aliphatic rings. The fraction of sp³-hybridized carbons (Fsp3) is 1.00. The SMILES string of the molecule is CNC1CCC(C(C)C)CC1N(C)C1CCC1. The first-order valence-corrected chi connectivity index (χ1v) is 7.52. The molecule has 17 heavy (non-hydrogen) atoms. The average Bonchev–Trinajstić information content (AvgIpc) is 2.25. The summed E-state index contributed by atoms with van der Waals surface area (Å²) < 4.78 is 0. The Bertz CT molecular complexity index is 235. The molecule has 0 aliphatic heterocycles. The van der Waals surface area contributed by atoms with Crippen molar-refractivity contribution in [3.8, 4) is 0 Å². The normalized spacial score (nSPS) is 35.3. The minimum absolute atomic E-state index is 0.718. The van der Waals surface area contributed by atoms with Gasteiger partial charge in [-0.05, 0) is 58.0 Å². The third-order valence-electron chi connectivity index (χ3n) is 5.34. The number of rotatable bonds is 4. The molecule has 2 nitrogen and oxygen atoms in total. The van der Waals surface area contributed by atoms with Crippen LogP contribution in [0, 0.1) is 11.8 Å². The molecule has 0 heterocycles. The van der Waals surface area contributed by atoms with E-state index in [1.807, 2.05) is 0 Å². The highest BCUT2D eigenvalue weighted by Gasteiger charge is 2.36. The maximum Gasteiger partial charge on any atom is 0.0251 e. The highest BCUT2D eigenvalue weighted by molar-refractivity contribution is 4.94. The zero-order valence-corrected chi connectivity index (χ0v) is 12.1. The number of nitrogens with one attached hydrogen (secondary N) is 1. The zero-order valence-electron chi connectivity index (χ0n) is 12.1. The minimum Gasteiger partial charge on any atom is -0.315 e. The summed E-state index contributed by atoms with van der Waals surface area (Å²) in [5.41, 5.74) is 0. The predicted octanol–water partition coefficient (Wildman–Crippen LogP) is 2.88. The molecule has 100 valence electrons. The largest absolute Gasteiger partial charge is 0.315 e. The molecule has 3 unspecified atom stereocenters. The summed E-state index contributed by atoms with van der Waals surface area (Å²) in [6.07, 6.45) is 8.47. The lowest BCUT2D eigenvalue weighted by molar-refractivity contribution is 0.0445. The Kier molecular flexibility index (Phi) is 4.48. The van der Waals surface area contributed by atoms with Crippen molar-refractivity contribution in [1.82, 2.24) is 10.2 Å². The molecule has 0 aromatic heterocycles. The number of hydrogen-bond acceptors (Lipinski definition) is 2. The summed E-state index contributed by atoms with van der Waals surface area (Å²) in [6, 6.07) is 2.36. The van der Waals surface area contributed by atoms with Crippen LogP contribution in [0.25, 0.3) is 0 Å². The Hall–Kier alpha value is -0.0800. The molecule has 2 saturated carbocycles. The van der Waals surface area contributed by atoms with Crippen molar-refractivity contribution in [3.05, 3.63) is 0 Å². The van der Waals surface area contributed by atoms with E-state index in [0.717, 1.165) is 30.0 Å². The lowest BCUT2D eigenvalue weighted by atomic mass is 9.75. The first kappa shape index (κ1) is 13.4. The van der Waals surface area contributed by atoms with E-state index in [1.54, 1.807) is 0 Å². The van der Waals surface area contributed by atoms with E-state index in [1.165, 1.54) is 38.5 Å². The van der Waals surface area contributed by atoms with Gasteiger partial charge in [-0.15, -0.1) is 0 Å². The van der Waals surface area contributed by atoms with Gasteiger partial charge >= 0.3 is 0 Å². The lowest BCUT2D eigenvalue weighted by Crippen LogP contribution is -2.55. The predicted molar refractivity (Wildman–Crippen MR) is 74.2 cm³/mol. The van der Waals surface area contributed by atoms with Crippen molar-refractivity contribution >= 4 is 0 Å². The topological polar surface area (TPSA) is 15.3 Å². The average molecular weight is 238 g/mol. The van der Waals surface area contributed by atoms with Crippen LogP contribution >= 0.6 is 0 Å². The second-order valence-electron chi connectivity index (χ2n) is 6.53. The van der Waals surface area contributed by atoms with E-state index in [9.17, 15) is 0 Å². The van der Waals surface area contributed by atoms with Gasteiger partial charge in [0.2, 0.25) is 0 Å². The van der Waals surface area contributed by atoms with Crippen LogP contribution < -0.4 is 5.32 Å². The smallest absolute Gasteiger partial charge is 0.0251 e. The summed E-state index contributed by atoms with van der Waals surface area (Å²) >= 11 is 0. The van der Waals surface area contributed by atoms with Crippen molar-refractivity contribution in [2.24, 2.45) is 11.8 Å². The summed E-state index contributed by atoms with van der Waals surface area (Å²) in [7, 11) is 4.50. The van der Waals surface area contributed by atoms with Gasteiger partial charge in [0.25, 0.3) is 0 Å². The van der Waals surface area contributed by atoms with Crippen LogP contribution in [0.2, 0.25) is 0 Å². The van der Waals surface area contributed by atoms with Crippen molar-refractivity contribution in [3.63, 3.8) is 0 Å². The molecule has 0 bridgehead atoms. The summed E-state index contributed by atoms with van der Waals surface area (Å²) in [6.45, 7) is 4.79. The van der Waals surface area contributed by atoms with E-state index >= 15 is 0 Å². The first-order chi connectivity index (χ1) is 8.13.